The SMILES string of the molecule is CN(CCC1CCCC1O)Cc1ccccc1F. The normalized spacial score (nSPS) is 23.8. The van der Waals surface area contributed by atoms with E-state index >= 15 is 0 Å². The average molecular weight is 251 g/mol. The maximum absolute atomic E-state index is 13.5. The van der Waals surface area contributed by atoms with Crippen LogP contribution in [0.15, 0.2) is 24.3 Å². The summed E-state index contributed by atoms with van der Waals surface area (Å²) < 4.78 is 13.5. The maximum atomic E-state index is 13.5. The minimum atomic E-state index is -0.134. The summed E-state index contributed by atoms with van der Waals surface area (Å²) in [6.45, 7) is 1.55. The van der Waals surface area contributed by atoms with E-state index in [1.54, 1.807) is 6.07 Å². The molecule has 0 radical (unpaired) electrons. The topological polar surface area (TPSA) is 23.5 Å². The van der Waals surface area contributed by atoms with Gasteiger partial charge in [-0.1, -0.05) is 24.6 Å². The third-order valence-electron chi connectivity index (χ3n) is 3.90. The quantitative estimate of drug-likeness (QED) is 0.870. The van der Waals surface area contributed by atoms with Crippen LogP contribution in [0.2, 0.25) is 0 Å². The zero-order valence-electron chi connectivity index (χ0n) is 11.0. The van der Waals surface area contributed by atoms with Crippen molar-refractivity contribution >= 4 is 0 Å². The molecule has 0 saturated heterocycles. The van der Waals surface area contributed by atoms with Crippen LogP contribution in [0, 0.1) is 11.7 Å². The molecule has 100 valence electrons. The lowest BCUT2D eigenvalue weighted by atomic mass is 10.0. The van der Waals surface area contributed by atoms with E-state index in [4.69, 9.17) is 0 Å². The first-order valence-electron chi connectivity index (χ1n) is 6.77. The largest absolute Gasteiger partial charge is 0.393 e. The summed E-state index contributed by atoms with van der Waals surface area (Å²) in [5, 5.41) is 9.76. The fraction of sp³-hybridized carbons (Fsp3) is 0.600. The molecule has 0 heterocycles. The van der Waals surface area contributed by atoms with Crippen molar-refractivity contribution in [2.75, 3.05) is 13.6 Å². The van der Waals surface area contributed by atoms with Gasteiger partial charge in [-0.2, -0.15) is 0 Å². The number of nitrogens with zero attached hydrogens (tertiary/aromatic N) is 1. The van der Waals surface area contributed by atoms with Crippen LogP contribution in [0.1, 0.15) is 31.2 Å². The Morgan fingerprint density at radius 1 is 1.33 bits per heavy atom. The van der Waals surface area contributed by atoms with E-state index in [9.17, 15) is 9.50 Å². The number of benzene rings is 1. The highest BCUT2D eigenvalue weighted by atomic mass is 19.1. The molecule has 1 aromatic carbocycles. The Hall–Kier alpha value is -0.930. The predicted octanol–water partition coefficient (Wildman–Crippen LogP) is 2.81. The molecule has 1 aliphatic carbocycles. The van der Waals surface area contributed by atoms with Gasteiger partial charge in [-0.05, 0) is 44.8 Å². The van der Waals surface area contributed by atoms with Crippen molar-refractivity contribution < 1.29 is 9.50 Å². The lowest BCUT2D eigenvalue weighted by Gasteiger charge is -2.21. The predicted molar refractivity (Wildman–Crippen MR) is 70.7 cm³/mol. The maximum Gasteiger partial charge on any atom is 0.127 e. The molecule has 0 bridgehead atoms. The van der Waals surface area contributed by atoms with Gasteiger partial charge in [0.15, 0.2) is 0 Å². The molecular formula is C15H22FNO. The van der Waals surface area contributed by atoms with E-state index in [2.05, 4.69) is 4.90 Å². The van der Waals surface area contributed by atoms with Crippen molar-refractivity contribution in [2.45, 2.75) is 38.3 Å². The molecule has 0 aromatic heterocycles. The molecule has 2 nitrogen and oxygen atoms in total. The molecule has 18 heavy (non-hydrogen) atoms. The molecular weight excluding hydrogens is 229 g/mol. The van der Waals surface area contributed by atoms with Gasteiger partial charge in [0.1, 0.15) is 5.82 Å². The Kier molecular flexibility index (Phi) is 4.72. The van der Waals surface area contributed by atoms with Gasteiger partial charge in [-0.3, -0.25) is 0 Å². The van der Waals surface area contributed by atoms with Crippen LogP contribution in [-0.2, 0) is 6.54 Å². The highest BCUT2D eigenvalue weighted by Crippen LogP contribution is 2.28. The highest BCUT2D eigenvalue weighted by Gasteiger charge is 2.24. The van der Waals surface area contributed by atoms with E-state index in [-0.39, 0.29) is 11.9 Å². The van der Waals surface area contributed by atoms with E-state index in [0.29, 0.717) is 12.5 Å². The molecule has 2 rings (SSSR count). The monoisotopic (exact) mass is 251 g/mol. The molecule has 1 saturated carbocycles. The van der Waals surface area contributed by atoms with E-state index in [1.807, 2.05) is 19.2 Å². The van der Waals surface area contributed by atoms with Gasteiger partial charge in [-0.15, -0.1) is 0 Å². The van der Waals surface area contributed by atoms with Crippen LogP contribution in [0.3, 0.4) is 0 Å². The molecule has 0 aliphatic heterocycles. The Morgan fingerprint density at radius 3 is 2.78 bits per heavy atom. The lowest BCUT2D eigenvalue weighted by Crippen LogP contribution is -2.24. The second-order valence-corrected chi connectivity index (χ2v) is 5.38. The third-order valence-corrected chi connectivity index (χ3v) is 3.90. The molecule has 0 amide bonds. The molecule has 1 aromatic rings. The minimum absolute atomic E-state index is 0.119. The van der Waals surface area contributed by atoms with Crippen LogP contribution >= 0.6 is 0 Å². The molecule has 2 atom stereocenters. The molecule has 0 spiro atoms. The van der Waals surface area contributed by atoms with Gasteiger partial charge in [0, 0.05) is 12.1 Å². The summed E-state index contributed by atoms with van der Waals surface area (Å²) in [7, 11) is 2.01. The number of hydrogen-bond acceptors (Lipinski definition) is 2. The molecule has 2 unspecified atom stereocenters. The van der Waals surface area contributed by atoms with Crippen LogP contribution < -0.4 is 0 Å². The lowest BCUT2D eigenvalue weighted by molar-refractivity contribution is 0.120. The van der Waals surface area contributed by atoms with Crippen molar-refractivity contribution in [2.24, 2.45) is 5.92 Å². The highest BCUT2D eigenvalue weighted by molar-refractivity contribution is 5.16. The summed E-state index contributed by atoms with van der Waals surface area (Å²) in [4.78, 5) is 2.13. The second kappa shape index (κ2) is 6.30. The summed E-state index contributed by atoms with van der Waals surface area (Å²) in [6, 6.07) is 6.92. The fourth-order valence-electron chi connectivity index (χ4n) is 2.74. The Balaban J connectivity index is 1.78. The number of hydrogen-bond donors (Lipinski definition) is 1. The molecule has 3 heteroatoms. The summed E-state index contributed by atoms with van der Waals surface area (Å²) in [5.74, 6) is 0.304. The Morgan fingerprint density at radius 2 is 2.11 bits per heavy atom. The van der Waals surface area contributed by atoms with Crippen LogP contribution in [0.4, 0.5) is 4.39 Å². The fourth-order valence-corrected chi connectivity index (χ4v) is 2.74. The van der Waals surface area contributed by atoms with Gasteiger partial charge >= 0.3 is 0 Å². The minimum Gasteiger partial charge on any atom is -0.393 e. The Labute approximate surface area is 108 Å². The Bertz CT molecular complexity index is 383. The van der Waals surface area contributed by atoms with Crippen molar-refractivity contribution in [3.05, 3.63) is 35.6 Å². The van der Waals surface area contributed by atoms with Crippen molar-refractivity contribution in [1.29, 1.82) is 0 Å². The third kappa shape index (κ3) is 3.53. The summed E-state index contributed by atoms with van der Waals surface area (Å²) in [6.07, 6.45) is 4.11. The second-order valence-electron chi connectivity index (χ2n) is 5.38. The average Bonchev–Trinajstić information content (AvgIpc) is 2.75. The first-order chi connectivity index (χ1) is 8.66. The standard InChI is InChI=1S/C15H22FNO/c1-17(10-9-12-6-4-8-15(12)18)11-13-5-2-3-7-14(13)16/h2-3,5,7,12,15,18H,4,6,8-11H2,1H3. The zero-order chi connectivity index (χ0) is 13.0. The number of aliphatic hydroxyl groups is 1. The van der Waals surface area contributed by atoms with Crippen molar-refractivity contribution in [1.82, 2.24) is 4.90 Å². The zero-order valence-corrected chi connectivity index (χ0v) is 11.0. The summed E-state index contributed by atoms with van der Waals surface area (Å²) in [5.41, 5.74) is 0.743. The van der Waals surface area contributed by atoms with E-state index in [1.165, 1.54) is 6.07 Å². The smallest absolute Gasteiger partial charge is 0.127 e. The van der Waals surface area contributed by atoms with Crippen LogP contribution in [-0.4, -0.2) is 29.7 Å². The molecule has 1 fully saturated rings. The van der Waals surface area contributed by atoms with Crippen molar-refractivity contribution in [3.8, 4) is 0 Å². The number of halogens is 1. The van der Waals surface area contributed by atoms with Crippen LogP contribution in [0.5, 0.6) is 0 Å². The van der Waals surface area contributed by atoms with Crippen molar-refractivity contribution in [3.63, 3.8) is 0 Å². The van der Waals surface area contributed by atoms with Crippen LogP contribution in [0.25, 0.3) is 0 Å². The summed E-state index contributed by atoms with van der Waals surface area (Å²) >= 11 is 0. The first kappa shape index (κ1) is 13.5. The van der Waals surface area contributed by atoms with E-state index < -0.39 is 0 Å². The van der Waals surface area contributed by atoms with E-state index in [0.717, 1.165) is 37.8 Å². The number of rotatable bonds is 5. The van der Waals surface area contributed by atoms with Gasteiger partial charge < -0.3 is 10.0 Å². The van der Waals surface area contributed by atoms with Gasteiger partial charge in [-0.25, -0.2) is 4.39 Å². The number of aliphatic hydroxyl groups excluding tert-OH is 1. The van der Waals surface area contributed by atoms with Gasteiger partial charge in [0.2, 0.25) is 0 Å². The molecule has 1 N–H and O–H groups in total. The molecule has 1 aliphatic rings. The van der Waals surface area contributed by atoms with Gasteiger partial charge in [0.25, 0.3) is 0 Å². The van der Waals surface area contributed by atoms with Gasteiger partial charge in [0.05, 0.1) is 6.10 Å². The first-order valence-corrected chi connectivity index (χ1v) is 6.77.